The monoisotopic (exact) mass is 417 g/mol. The van der Waals surface area contributed by atoms with Crippen LogP contribution in [0.2, 0.25) is 0 Å². The molecule has 2 unspecified atom stereocenters. The van der Waals surface area contributed by atoms with Gasteiger partial charge < -0.3 is 15.1 Å². The maximum Gasteiger partial charge on any atom is 0.416 e. The molecule has 4 rings (SSSR count). The van der Waals surface area contributed by atoms with E-state index in [1.807, 2.05) is 13.1 Å². The van der Waals surface area contributed by atoms with Crippen LogP contribution in [0.5, 0.6) is 5.75 Å². The van der Waals surface area contributed by atoms with Gasteiger partial charge in [-0.3, -0.25) is 0 Å². The summed E-state index contributed by atoms with van der Waals surface area (Å²) in [4.78, 5) is 2.17. The molecule has 2 aromatic carbocycles. The molecule has 3 aromatic rings. The third-order valence-electron chi connectivity index (χ3n) is 5.68. The number of phenols is 1. The van der Waals surface area contributed by atoms with Crippen molar-refractivity contribution in [3.63, 3.8) is 0 Å². The van der Waals surface area contributed by atoms with Gasteiger partial charge in [-0.15, -0.1) is 5.10 Å². The molecule has 0 radical (unpaired) electrons. The summed E-state index contributed by atoms with van der Waals surface area (Å²) in [6.45, 7) is 1.74. The molecule has 1 aliphatic rings. The third kappa shape index (κ3) is 3.85. The van der Waals surface area contributed by atoms with Crippen molar-refractivity contribution >= 4 is 10.8 Å². The van der Waals surface area contributed by atoms with Crippen LogP contribution in [-0.4, -0.2) is 45.4 Å². The molecular weight excluding hydrogens is 395 g/mol. The van der Waals surface area contributed by atoms with E-state index in [0.717, 1.165) is 32.0 Å². The Hall–Kier alpha value is -2.71. The first-order chi connectivity index (χ1) is 14.3. The zero-order valence-corrected chi connectivity index (χ0v) is 16.4. The van der Waals surface area contributed by atoms with Crippen molar-refractivity contribution in [1.82, 2.24) is 15.1 Å². The summed E-state index contributed by atoms with van der Waals surface area (Å²) in [6.07, 6.45) is -3.49. The summed E-state index contributed by atoms with van der Waals surface area (Å²) in [7, 11) is 2.01. The molecule has 0 aliphatic carbocycles. The number of hydrogen-bond donors (Lipinski definition) is 2. The van der Waals surface area contributed by atoms with E-state index in [1.54, 1.807) is 18.2 Å². The van der Waals surface area contributed by atoms with Gasteiger partial charge in [-0.05, 0) is 44.6 Å². The Morgan fingerprint density at radius 2 is 1.83 bits per heavy atom. The largest absolute Gasteiger partial charge is 0.507 e. The number of fused-ring (bicyclic) bond motifs is 1. The molecule has 1 saturated heterocycles. The molecule has 0 saturated carbocycles. The molecule has 30 heavy (non-hydrogen) atoms. The summed E-state index contributed by atoms with van der Waals surface area (Å²) in [5.74, 6) is -0.502. The van der Waals surface area contributed by atoms with Crippen molar-refractivity contribution in [3.8, 4) is 17.0 Å². The zero-order valence-electron chi connectivity index (χ0n) is 16.4. The molecule has 8 heteroatoms. The van der Waals surface area contributed by atoms with E-state index in [9.17, 15) is 23.4 Å². The van der Waals surface area contributed by atoms with Crippen molar-refractivity contribution in [3.05, 3.63) is 53.7 Å². The van der Waals surface area contributed by atoms with Crippen LogP contribution >= 0.6 is 0 Å². The minimum Gasteiger partial charge on any atom is -0.507 e. The summed E-state index contributed by atoms with van der Waals surface area (Å²) >= 11 is 0. The van der Waals surface area contributed by atoms with Crippen LogP contribution in [0.15, 0.2) is 42.5 Å². The van der Waals surface area contributed by atoms with Gasteiger partial charge in [0.15, 0.2) is 0 Å². The van der Waals surface area contributed by atoms with Gasteiger partial charge in [0.2, 0.25) is 0 Å². The predicted octanol–water partition coefficient (Wildman–Crippen LogP) is 4.40. The average Bonchev–Trinajstić information content (AvgIpc) is 2.72. The molecule has 1 aliphatic heterocycles. The lowest BCUT2D eigenvalue weighted by Crippen LogP contribution is -2.35. The molecule has 5 nitrogen and oxygen atoms in total. The highest BCUT2D eigenvalue weighted by atomic mass is 19.4. The van der Waals surface area contributed by atoms with Gasteiger partial charge in [0, 0.05) is 28.8 Å². The lowest BCUT2D eigenvalue weighted by molar-refractivity contribution is -0.137. The molecular formula is C22H22F3N3O2. The van der Waals surface area contributed by atoms with Crippen LogP contribution in [-0.2, 0) is 6.18 Å². The standard InChI is InChI=1S/C22H22F3N3O2/c1-28-10-4-5-13(12-28)21(30)20-16-7-3-2-6-15(16)19(26-27-20)17-9-8-14(11-18(17)29)22(23,24)25/h2-3,6-9,11,13,21,29-30H,4-5,10,12H2,1H3. The highest BCUT2D eigenvalue weighted by Crippen LogP contribution is 2.39. The van der Waals surface area contributed by atoms with Gasteiger partial charge in [-0.1, -0.05) is 24.3 Å². The second-order valence-corrected chi connectivity index (χ2v) is 7.82. The van der Waals surface area contributed by atoms with Crippen molar-refractivity contribution in [2.24, 2.45) is 5.92 Å². The number of aliphatic hydroxyl groups is 1. The van der Waals surface area contributed by atoms with Crippen LogP contribution in [0.3, 0.4) is 0 Å². The Morgan fingerprint density at radius 1 is 1.10 bits per heavy atom. The lowest BCUT2D eigenvalue weighted by Gasteiger charge is -2.32. The molecule has 1 fully saturated rings. The van der Waals surface area contributed by atoms with Crippen LogP contribution in [0, 0.1) is 5.92 Å². The second kappa shape index (κ2) is 7.85. The molecule has 2 heterocycles. The number of alkyl halides is 3. The highest BCUT2D eigenvalue weighted by molar-refractivity contribution is 5.96. The fraction of sp³-hybridized carbons (Fsp3) is 0.364. The van der Waals surface area contributed by atoms with Crippen LogP contribution in [0.25, 0.3) is 22.0 Å². The molecule has 0 bridgehead atoms. The number of aromatic hydroxyl groups is 1. The zero-order chi connectivity index (χ0) is 21.5. The first kappa shape index (κ1) is 20.6. The smallest absolute Gasteiger partial charge is 0.416 e. The second-order valence-electron chi connectivity index (χ2n) is 7.82. The number of aliphatic hydroxyl groups excluding tert-OH is 1. The molecule has 1 aromatic heterocycles. The minimum absolute atomic E-state index is 0.0202. The number of halogens is 3. The Morgan fingerprint density at radius 3 is 2.50 bits per heavy atom. The Balaban J connectivity index is 1.78. The molecule has 2 atom stereocenters. The Bertz CT molecular complexity index is 1070. The maximum atomic E-state index is 12.9. The molecule has 158 valence electrons. The van der Waals surface area contributed by atoms with E-state index in [0.29, 0.717) is 22.5 Å². The SMILES string of the molecule is CN1CCCC(C(O)c2nnc(-c3ccc(C(F)(F)F)cc3O)c3ccccc23)C1. The van der Waals surface area contributed by atoms with Crippen molar-refractivity contribution in [2.75, 3.05) is 20.1 Å². The normalized spacial score (nSPS) is 19.2. The summed E-state index contributed by atoms with van der Waals surface area (Å²) in [5, 5.41) is 31.0. The number of phenolic OH excluding ortho intramolecular Hbond substituents is 1. The number of nitrogens with zero attached hydrogens (tertiary/aromatic N) is 3. The number of benzene rings is 2. The van der Waals surface area contributed by atoms with E-state index in [-0.39, 0.29) is 17.2 Å². The number of likely N-dealkylation sites (tertiary alicyclic amines) is 1. The number of piperidine rings is 1. The van der Waals surface area contributed by atoms with E-state index in [4.69, 9.17) is 0 Å². The maximum absolute atomic E-state index is 12.9. The van der Waals surface area contributed by atoms with E-state index >= 15 is 0 Å². The lowest BCUT2D eigenvalue weighted by atomic mass is 9.89. The summed E-state index contributed by atoms with van der Waals surface area (Å²) in [6, 6.07) is 9.95. The Kier molecular flexibility index (Phi) is 5.38. The highest BCUT2D eigenvalue weighted by Gasteiger charge is 2.32. The van der Waals surface area contributed by atoms with E-state index in [2.05, 4.69) is 15.1 Å². The van der Waals surface area contributed by atoms with Crippen molar-refractivity contribution in [2.45, 2.75) is 25.1 Å². The quantitative estimate of drug-likeness (QED) is 0.661. The van der Waals surface area contributed by atoms with Gasteiger partial charge in [0.1, 0.15) is 17.5 Å². The summed E-state index contributed by atoms with van der Waals surface area (Å²) in [5.41, 5.74) is -0.0609. The fourth-order valence-electron chi connectivity index (χ4n) is 4.14. The van der Waals surface area contributed by atoms with Crippen LogP contribution < -0.4 is 0 Å². The van der Waals surface area contributed by atoms with E-state index < -0.39 is 23.6 Å². The van der Waals surface area contributed by atoms with Gasteiger partial charge in [0.25, 0.3) is 0 Å². The number of rotatable bonds is 3. The van der Waals surface area contributed by atoms with Crippen LogP contribution in [0.1, 0.15) is 30.2 Å². The van der Waals surface area contributed by atoms with Gasteiger partial charge in [0.05, 0.1) is 11.3 Å². The molecule has 0 amide bonds. The summed E-state index contributed by atoms with van der Waals surface area (Å²) < 4.78 is 38.8. The van der Waals surface area contributed by atoms with Crippen molar-refractivity contribution < 1.29 is 23.4 Å². The minimum atomic E-state index is -4.55. The van der Waals surface area contributed by atoms with Crippen molar-refractivity contribution in [1.29, 1.82) is 0 Å². The van der Waals surface area contributed by atoms with Gasteiger partial charge in [-0.2, -0.15) is 18.3 Å². The topological polar surface area (TPSA) is 69.5 Å². The third-order valence-corrected chi connectivity index (χ3v) is 5.68. The van der Waals surface area contributed by atoms with Gasteiger partial charge >= 0.3 is 6.18 Å². The molecule has 2 N–H and O–H groups in total. The average molecular weight is 417 g/mol. The number of aromatic nitrogens is 2. The first-order valence-electron chi connectivity index (χ1n) is 9.78. The Labute approximate surface area is 171 Å². The molecule has 0 spiro atoms. The number of hydrogen-bond acceptors (Lipinski definition) is 5. The predicted molar refractivity (Wildman–Crippen MR) is 107 cm³/mol. The van der Waals surface area contributed by atoms with Crippen LogP contribution in [0.4, 0.5) is 13.2 Å². The van der Waals surface area contributed by atoms with E-state index in [1.165, 1.54) is 6.07 Å². The first-order valence-corrected chi connectivity index (χ1v) is 9.78. The fourth-order valence-corrected chi connectivity index (χ4v) is 4.14. The van der Waals surface area contributed by atoms with Gasteiger partial charge in [-0.25, -0.2) is 0 Å².